The van der Waals surface area contributed by atoms with Crippen LogP contribution in [0.5, 0.6) is 11.5 Å². The third-order valence-electron chi connectivity index (χ3n) is 4.57. The van der Waals surface area contributed by atoms with Gasteiger partial charge >= 0.3 is 6.18 Å². The van der Waals surface area contributed by atoms with Gasteiger partial charge in [0.15, 0.2) is 11.5 Å². The van der Waals surface area contributed by atoms with Crippen LogP contribution in [0.4, 0.5) is 23.7 Å². The summed E-state index contributed by atoms with van der Waals surface area (Å²) in [7, 11) is 0. The summed E-state index contributed by atoms with van der Waals surface area (Å²) in [6.45, 7) is 3.88. The molecule has 0 radical (unpaired) electrons. The Morgan fingerprint density at radius 3 is 2.51 bits per heavy atom. The number of anilines is 1. The van der Waals surface area contributed by atoms with E-state index in [-0.39, 0.29) is 10.6 Å². The van der Waals surface area contributed by atoms with Gasteiger partial charge in [-0.1, -0.05) is 6.07 Å². The van der Waals surface area contributed by atoms with E-state index in [1.165, 1.54) is 12.1 Å². The topological polar surface area (TPSA) is 84.9 Å². The van der Waals surface area contributed by atoms with Crippen LogP contribution in [-0.2, 0) is 15.8 Å². The largest absolute Gasteiger partial charge is 0.490 e. The molecule has 0 spiro atoms. The Balaban J connectivity index is 1.75. The number of imide groups is 1. The van der Waals surface area contributed by atoms with Crippen LogP contribution in [0, 0.1) is 3.57 Å². The zero-order valence-electron chi connectivity index (χ0n) is 18.6. The van der Waals surface area contributed by atoms with Gasteiger partial charge in [-0.3, -0.25) is 19.3 Å². The standard InChI is InChI=1S/C23H20F3IN2O5S/c1-3-33-17-9-13(8-16(27)20(17)34-4-2)10-18-21(31)29(22(32)35-18)12-19(30)28-15-7-5-6-14(11-15)23(24,25)26/h5-11H,3-4,12H2,1-2H3,(H,28,30)/b18-10-. The monoisotopic (exact) mass is 620 g/mol. The lowest BCUT2D eigenvalue weighted by Crippen LogP contribution is -2.36. The van der Waals surface area contributed by atoms with Gasteiger partial charge in [-0.05, 0) is 90.2 Å². The van der Waals surface area contributed by atoms with Crippen molar-refractivity contribution in [3.63, 3.8) is 0 Å². The molecule has 0 unspecified atom stereocenters. The quantitative estimate of drug-likeness (QED) is 0.298. The Morgan fingerprint density at radius 2 is 1.86 bits per heavy atom. The SMILES string of the molecule is CCOc1cc(/C=C2\SC(=O)N(CC(=O)Nc3cccc(C(F)(F)F)c3)C2=O)cc(I)c1OCC. The molecule has 0 saturated carbocycles. The zero-order chi connectivity index (χ0) is 25.8. The molecule has 12 heteroatoms. The molecule has 1 aliphatic rings. The number of nitrogens with zero attached hydrogens (tertiary/aromatic N) is 1. The molecule has 0 aromatic heterocycles. The molecular formula is C23H20F3IN2O5S. The highest BCUT2D eigenvalue weighted by Gasteiger charge is 2.36. The van der Waals surface area contributed by atoms with E-state index in [9.17, 15) is 27.6 Å². The highest BCUT2D eigenvalue weighted by molar-refractivity contribution is 14.1. The van der Waals surface area contributed by atoms with E-state index in [1.54, 1.807) is 12.1 Å². The first-order valence-corrected chi connectivity index (χ1v) is 12.2. The average Bonchev–Trinajstić information content (AvgIpc) is 3.03. The molecule has 1 fully saturated rings. The number of hydrogen-bond acceptors (Lipinski definition) is 6. The fourth-order valence-electron chi connectivity index (χ4n) is 3.12. The number of hydrogen-bond donors (Lipinski definition) is 1. The lowest BCUT2D eigenvalue weighted by molar-refractivity contribution is -0.137. The first-order chi connectivity index (χ1) is 16.5. The van der Waals surface area contributed by atoms with Gasteiger partial charge in [-0.25, -0.2) is 0 Å². The second-order valence-electron chi connectivity index (χ2n) is 7.09. The van der Waals surface area contributed by atoms with Crippen LogP contribution >= 0.6 is 34.4 Å². The molecule has 0 aliphatic carbocycles. The summed E-state index contributed by atoms with van der Waals surface area (Å²) in [5.41, 5.74) is -0.430. The summed E-state index contributed by atoms with van der Waals surface area (Å²) in [4.78, 5) is 38.4. The molecular weight excluding hydrogens is 600 g/mol. The van der Waals surface area contributed by atoms with Gasteiger partial charge in [0, 0.05) is 5.69 Å². The van der Waals surface area contributed by atoms with Gasteiger partial charge in [-0.2, -0.15) is 13.2 Å². The predicted octanol–water partition coefficient (Wildman–Crippen LogP) is 5.78. The van der Waals surface area contributed by atoms with Crippen molar-refractivity contribution in [2.45, 2.75) is 20.0 Å². The van der Waals surface area contributed by atoms with Crippen molar-refractivity contribution in [1.82, 2.24) is 4.90 Å². The number of amides is 3. The molecule has 2 aromatic carbocycles. The van der Waals surface area contributed by atoms with Gasteiger partial charge in [0.25, 0.3) is 11.1 Å². The maximum absolute atomic E-state index is 12.9. The first kappa shape index (κ1) is 26.9. The number of thioether (sulfide) groups is 1. The Bertz CT molecular complexity index is 1190. The Labute approximate surface area is 217 Å². The number of carbonyl (C=O) groups excluding carboxylic acids is 3. The number of alkyl halides is 3. The van der Waals surface area contributed by atoms with E-state index >= 15 is 0 Å². The van der Waals surface area contributed by atoms with E-state index in [4.69, 9.17) is 9.47 Å². The molecule has 1 N–H and O–H groups in total. The summed E-state index contributed by atoms with van der Waals surface area (Å²) in [6.07, 6.45) is -3.06. The number of rotatable bonds is 8. The van der Waals surface area contributed by atoms with Crippen LogP contribution in [0.15, 0.2) is 41.3 Å². The minimum atomic E-state index is -4.57. The summed E-state index contributed by atoms with van der Waals surface area (Å²) < 4.78 is 50.6. The number of benzene rings is 2. The van der Waals surface area contributed by atoms with Crippen LogP contribution in [0.3, 0.4) is 0 Å². The van der Waals surface area contributed by atoms with E-state index in [0.717, 1.165) is 26.7 Å². The van der Waals surface area contributed by atoms with Gasteiger partial charge in [0.2, 0.25) is 5.91 Å². The normalized spacial score (nSPS) is 15.0. The first-order valence-electron chi connectivity index (χ1n) is 10.3. The minimum Gasteiger partial charge on any atom is -0.490 e. The van der Waals surface area contributed by atoms with Gasteiger partial charge in [-0.15, -0.1) is 0 Å². The fraction of sp³-hybridized carbons (Fsp3) is 0.261. The van der Waals surface area contributed by atoms with Crippen LogP contribution < -0.4 is 14.8 Å². The third-order valence-corrected chi connectivity index (χ3v) is 6.28. The zero-order valence-corrected chi connectivity index (χ0v) is 21.5. The maximum Gasteiger partial charge on any atom is 0.416 e. The molecule has 1 saturated heterocycles. The molecule has 7 nitrogen and oxygen atoms in total. The van der Waals surface area contributed by atoms with Crippen LogP contribution in [0.2, 0.25) is 0 Å². The van der Waals surface area contributed by atoms with Crippen molar-refractivity contribution in [2.75, 3.05) is 25.1 Å². The smallest absolute Gasteiger partial charge is 0.416 e. The minimum absolute atomic E-state index is 0.0974. The molecule has 1 heterocycles. The van der Waals surface area contributed by atoms with E-state index in [2.05, 4.69) is 27.9 Å². The summed E-state index contributed by atoms with van der Waals surface area (Å²) in [5.74, 6) is -0.415. The third kappa shape index (κ3) is 6.69. The lowest BCUT2D eigenvalue weighted by Gasteiger charge is -2.14. The van der Waals surface area contributed by atoms with Crippen molar-refractivity contribution < 1.29 is 37.0 Å². The van der Waals surface area contributed by atoms with Crippen molar-refractivity contribution >= 4 is 63.2 Å². The molecule has 1 aliphatic heterocycles. The molecule has 35 heavy (non-hydrogen) atoms. The Hall–Kier alpha value is -2.74. The molecule has 0 bridgehead atoms. The van der Waals surface area contributed by atoms with E-state index in [1.807, 2.05) is 13.8 Å². The lowest BCUT2D eigenvalue weighted by atomic mass is 10.2. The Morgan fingerprint density at radius 1 is 1.14 bits per heavy atom. The number of carbonyl (C=O) groups is 3. The Kier molecular flexibility index (Phi) is 8.70. The molecule has 3 rings (SSSR count). The van der Waals surface area contributed by atoms with Gasteiger partial charge in [0.1, 0.15) is 6.54 Å². The second-order valence-corrected chi connectivity index (χ2v) is 9.25. The maximum atomic E-state index is 12.9. The van der Waals surface area contributed by atoms with Gasteiger partial charge in [0.05, 0.1) is 27.3 Å². The van der Waals surface area contributed by atoms with Crippen LogP contribution in [0.1, 0.15) is 25.0 Å². The number of nitrogens with one attached hydrogen (secondary N) is 1. The number of halogens is 4. The van der Waals surface area contributed by atoms with Crippen molar-refractivity contribution in [3.8, 4) is 11.5 Å². The van der Waals surface area contributed by atoms with Crippen molar-refractivity contribution in [2.24, 2.45) is 0 Å². The molecule has 186 valence electrons. The highest BCUT2D eigenvalue weighted by atomic mass is 127. The van der Waals surface area contributed by atoms with Crippen LogP contribution in [0.25, 0.3) is 6.08 Å². The summed E-state index contributed by atoms with van der Waals surface area (Å²) in [6, 6.07) is 7.53. The van der Waals surface area contributed by atoms with Crippen molar-refractivity contribution in [1.29, 1.82) is 0 Å². The fourth-order valence-corrected chi connectivity index (χ4v) is 4.74. The number of ether oxygens (including phenoxy) is 2. The van der Waals surface area contributed by atoms with Gasteiger partial charge < -0.3 is 14.8 Å². The van der Waals surface area contributed by atoms with E-state index < -0.39 is 35.3 Å². The highest BCUT2D eigenvalue weighted by Crippen LogP contribution is 2.37. The summed E-state index contributed by atoms with van der Waals surface area (Å²) >= 11 is 2.75. The van der Waals surface area contributed by atoms with Crippen molar-refractivity contribution in [3.05, 3.63) is 56.0 Å². The molecule has 0 atom stereocenters. The predicted molar refractivity (Wildman–Crippen MR) is 134 cm³/mol. The summed E-state index contributed by atoms with van der Waals surface area (Å²) in [5, 5.41) is 1.63. The van der Waals surface area contributed by atoms with Crippen LogP contribution in [-0.4, -0.2) is 41.7 Å². The molecule has 2 aromatic rings. The second kappa shape index (κ2) is 11.3. The molecule has 3 amide bonds. The van der Waals surface area contributed by atoms with E-state index in [0.29, 0.717) is 42.0 Å². The average molecular weight is 620 g/mol.